The first-order valence-electron chi connectivity index (χ1n) is 8.24. The normalized spacial score (nSPS) is 16.7. The summed E-state index contributed by atoms with van der Waals surface area (Å²) in [4.78, 5) is 37.5. The highest BCUT2D eigenvalue weighted by Crippen LogP contribution is 2.35. The number of amides is 1. The van der Waals surface area contributed by atoms with Crippen molar-refractivity contribution in [1.82, 2.24) is 9.97 Å². The molecule has 1 aromatic carbocycles. The molecule has 1 aliphatic heterocycles. The van der Waals surface area contributed by atoms with Crippen LogP contribution in [-0.2, 0) is 4.79 Å². The van der Waals surface area contributed by atoms with Crippen LogP contribution in [0.1, 0.15) is 48.3 Å². The number of anilines is 1. The molecule has 0 saturated carbocycles. The molecule has 0 saturated heterocycles. The molecule has 6 heteroatoms. The van der Waals surface area contributed by atoms with E-state index in [9.17, 15) is 9.59 Å². The zero-order valence-corrected chi connectivity index (χ0v) is 14.5. The molecule has 25 heavy (non-hydrogen) atoms. The van der Waals surface area contributed by atoms with Crippen LogP contribution in [0.5, 0.6) is 0 Å². The monoisotopic (exact) mass is 336 g/mol. The number of carbonyl (C=O) groups excluding carboxylic acids is 2. The van der Waals surface area contributed by atoms with Gasteiger partial charge in [0.15, 0.2) is 5.78 Å². The van der Waals surface area contributed by atoms with Gasteiger partial charge < -0.3 is 5.32 Å². The van der Waals surface area contributed by atoms with Crippen molar-refractivity contribution in [2.45, 2.75) is 26.7 Å². The maximum Gasteiger partial charge on any atom is 0.238 e. The number of hydrogen-bond acceptors (Lipinski definition) is 5. The predicted octanol–water partition coefficient (Wildman–Crippen LogP) is 2.86. The Balaban J connectivity index is 2.11. The minimum atomic E-state index is -0.593. The third-order valence-electron chi connectivity index (χ3n) is 4.01. The minimum absolute atomic E-state index is 0.0407. The Hall–Kier alpha value is -2.89. The van der Waals surface area contributed by atoms with Gasteiger partial charge in [-0.1, -0.05) is 13.8 Å². The molecule has 0 fully saturated rings. The summed E-state index contributed by atoms with van der Waals surface area (Å²) in [7, 11) is 0. The Morgan fingerprint density at radius 1 is 1.32 bits per heavy atom. The fourth-order valence-corrected chi connectivity index (χ4v) is 2.78. The van der Waals surface area contributed by atoms with Gasteiger partial charge in [-0.15, -0.1) is 0 Å². The highest BCUT2D eigenvalue weighted by molar-refractivity contribution is 6.23. The van der Waals surface area contributed by atoms with Gasteiger partial charge in [0.1, 0.15) is 11.6 Å². The molecular weight excluding hydrogens is 316 g/mol. The molecule has 1 aromatic heterocycles. The van der Waals surface area contributed by atoms with E-state index in [0.29, 0.717) is 35.1 Å². The minimum Gasteiger partial charge on any atom is -0.325 e. The van der Waals surface area contributed by atoms with E-state index in [1.165, 1.54) is 6.92 Å². The number of rotatable bonds is 5. The number of benzene rings is 1. The molecule has 1 unspecified atom stereocenters. The van der Waals surface area contributed by atoms with Crippen LogP contribution < -0.4 is 5.32 Å². The summed E-state index contributed by atoms with van der Waals surface area (Å²) in [5, 5.41) is 2.87. The Morgan fingerprint density at radius 3 is 2.76 bits per heavy atom. The summed E-state index contributed by atoms with van der Waals surface area (Å²) in [6.45, 7) is 6.22. The smallest absolute Gasteiger partial charge is 0.238 e. The number of hydrogen-bond donors (Lipinski definition) is 1. The maximum atomic E-state index is 12.6. The molecule has 0 radical (unpaired) electrons. The van der Waals surface area contributed by atoms with Crippen LogP contribution in [0, 0.1) is 5.92 Å². The fraction of sp³-hybridized carbons (Fsp3) is 0.316. The van der Waals surface area contributed by atoms with Gasteiger partial charge >= 0.3 is 0 Å². The lowest BCUT2D eigenvalue weighted by molar-refractivity contribution is -0.115. The first-order valence-corrected chi connectivity index (χ1v) is 8.24. The molecule has 1 amide bonds. The molecule has 1 atom stereocenters. The van der Waals surface area contributed by atoms with E-state index >= 15 is 0 Å². The second kappa shape index (κ2) is 6.93. The standard InChI is InChI=1S/C19H20N4O2/c1-11(2)9-22-18(16-10-20-6-7-21-16)17-14-8-13(12(3)24)4-5-15(14)23-19(17)25/h4-8,10-11,17H,9H2,1-3H3,(H,23,25). The molecule has 6 nitrogen and oxygen atoms in total. The van der Waals surface area contributed by atoms with Crippen LogP contribution in [0.15, 0.2) is 41.8 Å². The largest absolute Gasteiger partial charge is 0.325 e. The Labute approximate surface area is 146 Å². The van der Waals surface area contributed by atoms with Crippen LogP contribution in [-0.4, -0.2) is 33.9 Å². The highest BCUT2D eigenvalue weighted by atomic mass is 16.2. The predicted molar refractivity (Wildman–Crippen MR) is 96.1 cm³/mol. The van der Waals surface area contributed by atoms with Crippen molar-refractivity contribution in [3.8, 4) is 0 Å². The topological polar surface area (TPSA) is 84.3 Å². The molecule has 1 aliphatic rings. The summed E-state index contributed by atoms with van der Waals surface area (Å²) in [6.07, 6.45) is 4.78. The van der Waals surface area contributed by atoms with Crippen molar-refractivity contribution in [3.05, 3.63) is 53.6 Å². The summed E-state index contributed by atoms with van der Waals surface area (Å²) >= 11 is 0. The summed E-state index contributed by atoms with van der Waals surface area (Å²) < 4.78 is 0. The number of nitrogens with zero attached hydrogens (tertiary/aromatic N) is 3. The lowest BCUT2D eigenvalue weighted by atomic mass is 9.91. The van der Waals surface area contributed by atoms with E-state index in [2.05, 4.69) is 34.1 Å². The molecule has 0 aliphatic carbocycles. The van der Waals surface area contributed by atoms with Gasteiger partial charge in [-0.2, -0.15) is 0 Å². The molecular formula is C19H20N4O2. The van der Waals surface area contributed by atoms with Crippen LogP contribution in [0.4, 0.5) is 5.69 Å². The number of fused-ring (bicyclic) bond motifs is 1. The maximum absolute atomic E-state index is 12.6. The Morgan fingerprint density at radius 2 is 2.12 bits per heavy atom. The SMILES string of the molecule is CC(=O)c1ccc2c(c1)C(C(=NCC(C)C)c1cnccn1)C(=O)N2. The van der Waals surface area contributed by atoms with Crippen molar-refractivity contribution in [1.29, 1.82) is 0 Å². The van der Waals surface area contributed by atoms with Crippen molar-refractivity contribution >= 4 is 23.1 Å². The van der Waals surface area contributed by atoms with Crippen molar-refractivity contribution < 1.29 is 9.59 Å². The van der Waals surface area contributed by atoms with Crippen molar-refractivity contribution in [2.24, 2.45) is 10.9 Å². The van der Waals surface area contributed by atoms with E-state index in [4.69, 9.17) is 0 Å². The van der Waals surface area contributed by atoms with Gasteiger partial charge in [-0.25, -0.2) is 0 Å². The van der Waals surface area contributed by atoms with Gasteiger partial charge in [0.05, 0.1) is 11.9 Å². The van der Waals surface area contributed by atoms with Gasteiger partial charge in [0.25, 0.3) is 0 Å². The average molecular weight is 336 g/mol. The van der Waals surface area contributed by atoms with Crippen LogP contribution >= 0.6 is 0 Å². The second-order valence-corrected chi connectivity index (χ2v) is 6.49. The quantitative estimate of drug-likeness (QED) is 0.672. The molecule has 0 spiro atoms. The second-order valence-electron chi connectivity index (χ2n) is 6.49. The van der Waals surface area contributed by atoms with Gasteiger partial charge in [0, 0.05) is 30.2 Å². The molecule has 2 aromatic rings. The van der Waals surface area contributed by atoms with E-state index in [-0.39, 0.29) is 11.7 Å². The highest BCUT2D eigenvalue weighted by Gasteiger charge is 2.36. The van der Waals surface area contributed by atoms with Crippen molar-refractivity contribution in [2.75, 3.05) is 11.9 Å². The fourth-order valence-electron chi connectivity index (χ4n) is 2.78. The summed E-state index contributed by atoms with van der Waals surface area (Å²) in [5.74, 6) is -0.450. The molecule has 128 valence electrons. The summed E-state index contributed by atoms with van der Waals surface area (Å²) in [6, 6.07) is 5.25. The third kappa shape index (κ3) is 3.47. The lowest BCUT2D eigenvalue weighted by Gasteiger charge is -2.14. The van der Waals surface area contributed by atoms with Crippen molar-refractivity contribution in [3.63, 3.8) is 0 Å². The zero-order chi connectivity index (χ0) is 18.0. The average Bonchev–Trinajstić information content (AvgIpc) is 2.91. The van der Waals surface area contributed by atoms with Crippen LogP contribution in [0.3, 0.4) is 0 Å². The molecule has 3 rings (SSSR count). The molecule has 1 N–H and O–H groups in total. The molecule has 0 bridgehead atoms. The Bertz CT molecular complexity index is 844. The van der Waals surface area contributed by atoms with E-state index in [0.717, 1.165) is 5.56 Å². The number of ketones is 1. The van der Waals surface area contributed by atoms with E-state index in [1.807, 2.05) is 0 Å². The zero-order valence-electron chi connectivity index (χ0n) is 14.5. The van der Waals surface area contributed by atoms with Gasteiger partial charge in [-0.3, -0.25) is 24.5 Å². The Kier molecular flexibility index (Phi) is 4.70. The first-order chi connectivity index (χ1) is 12.0. The third-order valence-corrected chi connectivity index (χ3v) is 4.01. The number of Topliss-reactive ketones (excluding diaryl/α,β-unsaturated/α-hetero) is 1. The van der Waals surface area contributed by atoms with Gasteiger partial charge in [0.2, 0.25) is 5.91 Å². The number of nitrogens with one attached hydrogen (secondary N) is 1. The molecule has 2 heterocycles. The number of aliphatic imine (C=N–C) groups is 1. The lowest BCUT2D eigenvalue weighted by Crippen LogP contribution is -2.24. The van der Waals surface area contributed by atoms with E-state index in [1.54, 1.807) is 36.8 Å². The summed E-state index contributed by atoms with van der Waals surface area (Å²) in [5.41, 5.74) is 3.19. The van der Waals surface area contributed by atoms with Crippen LogP contribution in [0.25, 0.3) is 0 Å². The van der Waals surface area contributed by atoms with Crippen LogP contribution in [0.2, 0.25) is 0 Å². The first kappa shape index (κ1) is 17.0. The van der Waals surface area contributed by atoms with E-state index < -0.39 is 5.92 Å². The number of aromatic nitrogens is 2. The van der Waals surface area contributed by atoms with Gasteiger partial charge in [-0.05, 0) is 36.6 Å². The number of carbonyl (C=O) groups is 2.